The summed E-state index contributed by atoms with van der Waals surface area (Å²) in [5, 5.41) is 40.2. The van der Waals surface area contributed by atoms with E-state index in [4.69, 9.17) is 9.47 Å². The van der Waals surface area contributed by atoms with Crippen LogP contribution in [-0.4, -0.2) is 125 Å². The molecule has 2 rings (SSSR count). The first-order chi connectivity index (χ1) is 20.0. The second-order valence-electron chi connectivity index (χ2n) is 8.76. The van der Waals surface area contributed by atoms with E-state index in [2.05, 4.69) is 9.97 Å². The van der Waals surface area contributed by atoms with Gasteiger partial charge in [0, 0.05) is 25.9 Å². The quantitative estimate of drug-likeness (QED) is 0.0703. The summed E-state index contributed by atoms with van der Waals surface area (Å²) >= 11 is 0. The Balaban J connectivity index is 0.00000924. The molecule has 230 valence electrons. The number of carboxylic acids is 2. The number of hydrogen-bond donors (Lipinski definition) is 2. The zero-order chi connectivity index (χ0) is 31.1. The Hall–Kier alpha value is -4.33. The van der Waals surface area contributed by atoms with E-state index in [-0.39, 0.29) is 84.0 Å². The normalized spacial score (nSPS) is 10.7. The van der Waals surface area contributed by atoms with Crippen LogP contribution in [0.4, 0.5) is 11.6 Å². The molecule has 2 heterocycles. The molecular weight excluding hydrogens is 667 g/mol. The smallest absolute Gasteiger partial charge is 0.480 e. The molecule has 0 unspecified atom stereocenters. The summed E-state index contributed by atoms with van der Waals surface area (Å²) in [6.45, 7) is -2.10. The van der Waals surface area contributed by atoms with Crippen molar-refractivity contribution in [1.29, 1.82) is 0 Å². The third-order valence-electron chi connectivity index (χ3n) is 5.52. The second-order valence-corrected chi connectivity index (χ2v) is 8.76. The first-order valence-electron chi connectivity index (χ1n) is 12.4. The van der Waals surface area contributed by atoms with Crippen molar-refractivity contribution in [2.45, 2.75) is 25.9 Å². The van der Waals surface area contributed by atoms with Crippen molar-refractivity contribution in [3.8, 4) is 0 Å². The fourth-order valence-corrected chi connectivity index (χ4v) is 3.67. The number of aliphatic carboxylic acids is 2. The molecule has 2 aromatic heterocycles. The molecule has 0 saturated carbocycles. The van der Waals surface area contributed by atoms with Crippen LogP contribution < -0.4 is 0 Å². The zero-order valence-corrected chi connectivity index (χ0v) is 24.6. The van der Waals surface area contributed by atoms with E-state index < -0.39 is 59.9 Å². The number of esters is 2. The van der Waals surface area contributed by atoms with Crippen molar-refractivity contribution in [2.75, 3.05) is 52.5 Å². The number of nitro groups is 2. The topological polar surface area (TPSA) is 256 Å². The van der Waals surface area contributed by atoms with Crippen LogP contribution >= 0.6 is 0 Å². The summed E-state index contributed by atoms with van der Waals surface area (Å²) in [6, 6.07) is 0. The van der Waals surface area contributed by atoms with Gasteiger partial charge in [0.1, 0.15) is 12.4 Å². The molecule has 0 aromatic carbocycles. The Labute approximate surface area is 256 Å². The van der Waals surface area contributed by atoms with E-state index in [0.29, 0.717) is 0 Å². The molecule has 0 radical (unpaired) electrons. The minimum atomic E-state index is -1.25. The van der Waals surface area contributed by atoms with Gasteiger partial charge in [0.2, 0.25) is 0 Å². The number of nitrogens with zero attached hydrogens (tertiary/aromatic N) is 8. The summed E-state index contributed by atoms with van der Waals surface area (Å²) in [5.41, 5.74) is 0. The number of imidazole rings is 2. The monoisotopic (exact) mass is 697 g/mol. The van der Waals surface area contributed by atoms with Gasteiger partial charge in [0.25, 0.3) is 0 Å². The van der Waals surface area contributed by atoms with E-state index in [1.165, 1.54) is 31.6 Å². The molecule has 2 N–H and O–H groups in total. The molecule has 2 aromatic rings. The van der Waals surface area contributed by atoms with Crippen LogP contribution in [0.15, 0.2) is 25.0 Å². The molecule has 0 spiro atoms. The van der Waals surface area contributed by atoms with Crippen molar-refractivity contribution in [2.24, 2.45) is 0 Å². The van der Waals surface area contributed by atoms with Crippen LogP contribution in [0.2, 0.25) is 0 Å². The maximum absolute atomic E-state index is 12.3. The molecule has 0 amide bonds. The Morgan fingerprint density at radius 1 is 0.744 bits per heavy atom. The molecule has 0 aliphatic carbocycles. The Kier molecular flexibility index (Phi) is 16.2. The molecule has 21 heteroatoms. The SMILES string of the molecule is O=C(O)CN(CCN(CC(=O)O)CC(=O)OCCCn1cncc1[N+](=O)[O-])CC(=O)OCCCn1cncc1[N+](=O)[O-].[99Tc+7]. The molecule has 0 aliphatic heterocycles. The number of carbonyl (C=O) groups excluding carboxylic acids is 2. The third kappa shape index (κ3) is 13.9. The van der Waals surface area contributed by atoms with Crippen LogP contribution in [0.3, 0.4) is 0 Å². The van der Waals surface area contributed by atoms with Gasteiger partial charge in [-0.3, -0.25) is 29.0 Å². The first-order valence-corrected chi connectivity index (χ1v) is 12.4. The molecule has 43 heavy (non-hydrogen) atoms. The van der Waals surface area contributed by atoms with E-state index in [0.717, 1.165) is 12.4 Å². The van der Waals surface area contributed by atoms with Crippen LogP contribution in [-0.2, 0) is 61.8 Å². The fourth-order valence-electron chi connectivity index (χ4n) is 3.67. The number of carbonyl (C=O) groups is 4. The Morgan fingerprint density at radius 2 is 1.12 bits per heavy atom. The van der Waals surface area contributed by atoms with Crippen molar-refractivity contribution in [3.05, 3.63) is 45.3 Å². The van der Waals surface area contributed by atoms with Crippen LogP contribution in [0.5, 0.6) is 0 Å². The predicted molar refractivity (Wildman–Crippen MR) is 137 cm³/mol. The third-order valence-corrected chi connectivity index (χ3v) is 5.52. The van der Waals surface area contributed by atoms with Gasteiger partial charge in [0.15, 0.2) is 12.7 Å². The van der Waals surface area contributed by atoms with Crippen LogP contribution in [0.25, 0.3) is 0 Å². The van der Waals surface area contributed by atoms with Gasteiger partial charge < -0.3 is 39.9 Å². The number of carboxylic acid groups (broad SMARTS) is 2. The zero-order valence-electron chi connectivity index (χ0n) is 22.7. The number of aromatic nitrogens is 4. The average Bonchev–Trinajstić information content (AvgIpc) is 3.57. The summed E-state index contributed by atoms with van der Waals surface area (Å²) in [5.74, 6) is -4.47. The first kappa shape index (κ1) is 36.7. The van der Waals surface area contributed by atoms with Crippen molar-refractivity contribution >= 4 is 35.5 Å². The van der Waals surface area contributed by atoms with E-state index in [1.54, 1.807) is 0 Å². The maximum Gasteiger partial charge on any atom is 7.00 e. The van der Waals surface area contributed by atoms with Crippen molar-refractivity contribution in [1.82, 2.24) is 28.9 Å². The Bertz CT molecular complexity index is 1160. The largest absolute Gasteiger partial charge is 7.00 e. The van der Waals surface area contributed by atoms with Gasteiger partial charge >= 0.3 is 55.6 Å². The molecule has 0 saturated heterocycles. The summed E-state index contributed by atoms with van der Waals surface area (Å²) in [6.07, 6.45) is 5.17. The standard InChI is InChI=1S/C22H30N8O12.Tc/c31-19(32)11-25(13-21(35)41-7-1-3-27-15-23-9-17(27)29(37)38)5-6-26(12-20(33)34)14-22(36)42-8-2-4-28-16-24-10-18(28)30(39)40;/h9-10,15-16H,1-8,11-14H2,(H,31,32)(H,33,34);/q;+7/i;1+1. The van der Waals surface area contributed by atoms with Gasteiger partial charge in [-0.05, 0) is 9.85 Å². The minimum Gasteiger partial charge on any atom is -0.480 e. The number of ether oxygens (including phenoxy) is 2. The van der Waals surface area contributed by atoms with E-state index >= 15 is 0 Å². The van der Waals surface area contributed by atoms with Gasteiger partial charge in [-0.15, -0.1) is 0 Å². The molecule has 0 fully saturated rings. The number of hydrogen-bond acceptors (Lipinski definition) is 14. The molecule has 0 aliphatic rings. The summed E-state index contributed by atoms with van der Waals surface area (Å²) < 4.78 is 12.7. The molecular formula is C22H30N8O12Tc+7. The number of aryl methyl sites for hydroxylation is 2. The van der Waals surface area contributed by atoms with Gasteiger partial charge in [-0.25, -0.2) is 19.1 Å². The molecule has 0 bridgehead atoms. The van der Waals surface area contributed by atoms with Crippen LogP contribution in [0.1, 0.15) is 12.8 Å². The minimum absolute atomic E-state index is 0. The summed E-state index contributed by atoms with van der Waals surface area (Å²) in [4.78, 5) is 77.5. The molecule has 20 nitrogen and oxygen atoms in total. The number of rotatable bonds is 21. The predicted octanol–water partition coefficient (Wildman–Crippen LogP) is -0.766. The summed E-state index contributed by atoms with van der Waals surface area (Å²) in [7, 11) is 0. The van der Waals surface area contributed by atoms with E-state index in [1.807, 2.05) is 0 Å². The maximum atomic E-state index is 12.3. The average molecular weight is 697 g/mol. The van der Waals surface area contributed by atoms with Gasteiger partial charge in [-0.1, -0.05) is 0 Å². The van der Waals surface area contributed by atoms with Crippen LogP contribution in [0, 0.1) is 20.2 Å². The van der Waals surface area contributed by atoms with Crippen molar-refractivity contribution < 1.29 is 68.8 Å². The van der Waals surface area contributed by atoms with Crippen molar-refractivity contribution in [3.63, 3.8) is 0 Å². The van der Waals surface area contributed by atoms with Gasteiger partial charge in [0.05, 0.1) is 52.5 Å². The van der Waals surface area contributed by atoms with E-state index in [9.17, 15) is 49.6 Å². The molecule has 0 atom stereocenters. The fraction of sp³-hybridized carbons (Fsp3) is 0.545. The second kappa shape index (κ2) is 19.0. The Morgan fingerprint density at radius 3 is 1.44 bits per heavy atom. The van der Waals surface area contributed by atoms with Gasteiger partial charge in [-0.2, -0.15) is 0 Å².